The van der Waals surface area contributed by atoms with E-state index in [9.17, 15) is 0 Å². The number of likely N-dealkylation sites (N-methyl/N-ethyl adjacent to an activating group) is 1. The number of rotatable bonds is 11. The molecule has 0 spiro atoms. The summed E-state index contributed by atoms with van der Waals surface area (Å²) in [7, 11) is 4.08. The van der Waals surface area contributed by atoms with Crippen molar-refractivity contribution in [1.82, 2.24) is 30.2 Å². The van der Waals surface area contributed by atoms with Crippen LogP contribution in [-0.2, 0) is 6.54 Å². The summed E-state index contributed by atoms with van der Waals surface area (Å²) in [6, 6.07) is 5.89. The fourth-order valence-electron chi connectivity index (χ4n) is 3.07. The maximum atomic E-state index is 5.41. The van der Waals surface area contributed by atoms with E-state index in [1.54, 1.807) is 0 Å². The van der Waals surface area contributed by atoms with Gasteiger partial charge in [-0.05, 0) is 32.9 Å². The number of H-pyrrole nitrogens is 1. The van der Waals surface area contributed by atoms with E-state index in [-0.39, 0.29) is 0 Å². The molecule has 1 saturated carbocycles. The molecule has 0 atom stereocenters. The molecule has 10 nitrogen and oxygen atoms in total. The molecule has 1 aliphatic carbocycles. The SMILES string of the molecule is CC(C)c1cc(CNc2nc(NCCN(C)C)cc(Nc3cc(C4CC4)[nH]n3)n2)on1. The van der Waals surface area contributed by atoms with E-state index in [1.807, 2.05) is 32.3 Å². The standard InChI is InChI=1S/C21H31N9O/c1-13(2)16-9-15(31-29-16)12-23-21-25-18(22-7-8-30(3)4)11-19(26-21)24-20-10-17(27-28-20)14-5-6-14/h9-11,13-14H,5-8,12H2,1-4H3,(H4,22,23,24,25,26,27,28). The Hall–Kier alpha value is -3.14. The maximum absolute atomic E-state index is 5.41. The molecule has 0 unspecified atom stereocenters. The number of nitrogens with one attached hydrogen (secondary N) is 4. The summed E-state index contributed by atoms with van der Waals surface area (Å²) in [6.45, 7) is 6.30. The highest BCUT2D eigenvalue weighted by Gasteiger charge is 2.25. The number of aromatic nitrogens is 5. The second-order valence-electron chi connectivity index (χ2n) is 8.53. The van der Waals surface area contributed by atoms with Crippen molar-refractivity contribution < 1.29 is 4.52 Å². The average Bonchev–Trinajstić information content (AvgIpc) is 3.27. The lowest BCUT2D eigenvalue weighted by Crippen LogP contribution is -2.21. The van der Waals surface area contributed by atoms with Crippen molar-refractivity contribution in [3.05, 3.63) is 35.3 Å². The molecule has 3 aromatic heterocycles. The van der Waals surface area contributed by atoms with Gasteiger partial charge in [0.05, 0.1) is 12.2 Å². The van der Waals surface area contributed by atoms with Gasteiger partial charge in [0.25, 0.3) is 0 Å². The third-order valence-electron chi connectivity index (χ3n) is 5.05. The van der Waals surface area contributed by atoms with Crippen molar-refractivity contribution in [1.29, 1.82) is 0 Å². The predicted molar refractivity (Wildman–Crippen MR) is 121 cm³/mol. The zero-order valence-electron chi connectivity index (χ0n) is 18.6. The Balaban J connectivity index is 1.46. The van der Waals surface area contributed by atoms with Gasteiger partial charge in [0.1, 0.15) is 11.6 Å². The number of aromatic amines is 1. The van der Waals surface area contributed by atoms with Crippen LogP contribution in [0.4, 0.5) is 23.4 Å². The van der Waals surface area contributed by atoms with Crippen LogP contribution in [0.15, 0.2) is 22.7 Å². The van der Waals surface area contributed by atoms with Gasteiger partial charge >= 0.3 is 0 Å². The van der Waals surface area contributed by atoms with Crippen LogP contribution >= 0.6 is 0 Å². The van der Waals surface area contributed by atoms with Gasteiger partial charge in [0.15, 0.2) is 11.6 Å². The van der Waals surface area contributed by atoms with Crippen LogP contribution in [0, 0.1) is 0 Å². The molecule has 1 aliphatic rings. The minimum atomic E-state index is 0.322. The summed E-state index contributed by atoms with van der Waals surface area (Å²) in [6.07, 6.45) is 2.45. The van der Waals surface area contributed by atoms with E-state index in [0.717, 1.165) is 36.2 Å². The Morgan fingerprint density at radius 2 is 1.90 bits per heavy atom. The third-order valence-corrected chi connectivity index (χ3v) is 5.05. The van der Waals surface area contributed by atoms with Crippen molar-refractivity contribution in [3.8, 4) is 0 Å². The largest absolute Gasteiger partial charge is 0.369 e. The van der Waals surface area contributed by atoms with Crippen LogP contribution in [0.2, 0.25) is 0 Å². The van der Waals surface area contributed by atoms with Gasteiger partial charge in [-0.25, -0.2) is 0 Å². The highest BCUT2D eigenvalue weighted by molar-refractivity contribution is 5.59. The molecule has 4 rings (SSSR count). The quantitative estimate of drug-likeness (QED) is 0.366. The summed E-state index contributed by atoms with van der Waals surface area (Å²) < 4.78 is 5.41. The fourth-order valence-corrected chi connectivity index (χ4v) is 3.07. The summed E-state index contributed by atoms with van der Waals surface area (Å²) in [5, 5.41) is 21.5. The Labute approximate surface area is 182 Å². The number of hydrogen-bond donors (Lipinski definition) is 4. The third kappa shape index (κ3) is 5.94. The first-order valence-corrected chi connectivity index (χ1v) is 10.8. The molecular weight excluding hydrogens is 394 g/mol. The zero-order valence-corrected chi connectivity index (χ0v) is 18.6. The van der Waals surface area contributed by atoms with E-state index < -0.39 is 0 Å². The maximum Gasteiger partial charge on any atom is 0.227 e. The van der Waals surface area contributed by atoms with Gasteiger partial charge < -0.3 is 25.4 Å². The van der Waals surface area contributed by atoms with E-state index in [0.29, 0.717) is 30.1 Å². The second-order valence-corrected chi connectivity index (χ2v) is 8.53. The molecule has 4 N–H and O–H groups in total. The molecular formula is C21H31N9O. The molecule has 10 heteroatoms. The minimum absolute atomic E-state index is 0.322. The van der Waals surface area contributed by atoms with Crippen LogP contribution < -0.4 is 16.0 Å². The summed E-state index contributed by atoms with van der Waals surface area (Å²) in [5.41, 5.74) is 2.11. The first kappa shape index (κ1) is 21.1. The smallest absolute Gasteiger partial charge is 0.227 e. The minimum Gasteiger partial charge on any atom is -0.369 e. The summed E-state index contributed by atoms with van der Waals surface area (Å²) in [5.74, 6) is 4.34. The average molecular weight is 426 g/mol. The fraction of sp³-hybridized carbons (Fsp3) is 0.524. The number of nitrogens with zero attached hydrogens (tertiary/aromatic N) is 5. The normalized spacial score (nSPS) is 13.7. The van der Waals surface area contributed by atoms with Gasteiger partial charge in [-0.15, -0.1) is 0 Å². The van der Waals surface area contributed by atoms with Crippen molar-refractivity contribution in [2.45, 2.75) is 45.1 Å². The predicted octanol–water partition coefficient (Wildman–Crippen LogP) is 3.52. The monoisotopic (exact) mass is 425 g/mol. The molecule has 0 aromatic carbocycles. The van der Waals surface area contributed by atoms with Crippen LogP contribution in [0.25, 0.3) is 0 Å². The van der Waals surface area contributed by atoms with Gasteiger partial charge in [-0.3, -0.25) is 5.10 Å². The van der Waals surface area contributed by atoms with Crippen LogP contribution in [-0.4, -0.2) is 57.4 Å². The lowest BCUT2D eigenvalue weighted by Gasteiger charge is -2.13. The second kappa shape index (κ2) is 9.34. The lowest BCUT2D eigenvalue weighted by molar-refractivity contribution is 0.379. The summed E-state index contributed by atoms with van der Waals surface area (Å²) >= 11 is 0. The highest BCUT2D eigenvalue weighted by Crippen LogP contribution is 2.39. The van der Waals surface area contributed by atoms with E-state index in [4.69, 9.17) is 4.52 Å². The lowest BCUT2D eigenvalue weighted by atomic mass is 10.1. The van der Waals surface area contributed by atoms with Gasteiger partial charge in [-0.1, -0.05) is 19.0 Å². The summed E-state index contributed by atoms with van der Waals surface area (Å²) in [4.78, 5) is 11.3. The Kier molecular flexibility index (Phi) is 6.36. The molecule has 0 radical (unpaired) electrons. The molecule has 3 heterocycles. The molecule has 31 heavy (non-hydrogen) atoms. The van der Waals surface area contributed by atoms with E-state index in [1.165, 1.54) is 18.5 Å². The Bertz CT molecular complexity index is 990. The van der Waals surface area contributed by atoms with Crippen molar-refractivity contribution in [3.63, 3.8) is 0 Å². The number of hydrogen-bond acceptors (Lipinski definition) is 9. The first-order valence-electron chi connectivity index (χ1n) is 10.8. The number of anilines is 4. The van der Waals surface area contributed by atoms with Gasteiger partial charge in [0, 0.05) is 42.9 Å². The molecule has 3 aromatic rings. The molecule has 0 amide bonds. The van der Waals surface area contributed by atoms with Crippen molar-refractivity contribution >= 4 is 23.4 Å². The molecule has 0 saturated heterocycles. The molecule has 0 aliphatic heterocycles. The van der Waals surface area contributed by atoms with Gasteiger partial charge in [-0.2, -0.15) is 15.1 Å². The van der Waals surface area contributed by atoms with E-state index >= 15 is 0 Å². The highest BCUT2D eigenvalue weighted by atomic mass is 16.5. The van der Waals surface area contributed by atoms with Crippen LogP contribution in [0.3, 0.4) is 0 Å². The zero-order chi connectivity index (χ0) is 21.8. The molecule has 0 bridgehead atoms. The van der Waals surface area contributed by atoms with Crippen molar-refractivity contribution in [2.24, 2.45) is 0 Å². The van der Waals surface area contributed by atoms with E-state index in [2.05, 4.69) is 60.0 Å². The van der Waals surface area contributed by atoms with Crippen molar-refractivity contribution in [2.75, 3.05) is 43.1 Å². The molecule has 1 fully saturated rings. The Morgan fingerprint density at radius 3 is 2.61 bits per heavy atom. The van der Waals surface area contributed by atoms with Crippen LogP contribution in [0.5, 0.6) is 0 Å². The Morgan fingerprint density at radius 1 is 1.10 bits per heavy atom. The topological polar surface area (TPSA) is 120 Å². The van der Waals surface area contributed by atoms with Crippen LogP contribution in [0.1, 0.15) is 55.7 Å². The molecule has 166 valence electrons. The van der Waals surface area contributed by atoms with Gasteiger partial charge in [0.2, 0.25) is 5.95 Å². The first-order chi connectivity index (χ1) is 15.0.